The molecule has 0 aliphatic heterocycles. The predicted molar refractivity (Wildman–Crippen MR) is 54.8 cm³/mol. The van der Waals surface area contributed by atoms with Crippen molar-refractivity contribution >= 4 is 0 Å². The Kier molecular flexibility index (Phi) is 4.12. The minimum absolute atomic E-state index is 0.258. The molecule has 0 aliphatic carbocycles. The van der Waals surface area contributed by atoms with E-state index in [9.17, 15) is 13.2 Å². The molecule has 2 nitrogen and oxygen atoms in total. The molecule has 17 heavy (non-hydrogen) atoms. The van der Waals surface area contributed by atoms with Crippen LogP contribution in [0.1, 0.15) is 29.9 Å². The Bertz CT molecular complexity index is 449. The average Bonchev–Trinajstić information content (AvgIpc) is 2.29. The summed E-state index contributed by atoms with van der Waals surface area (Å²) in [6.07, 6.45) is -5.49. The van der Waals surface area contributed by atoms with E-state index in [1.165, 1.54) is 24.3 Å². The van der Waals surface area contributed by atoms with Gasteiger partial charge in [0, 0.05) is 6.42 Å². The minimum atomic E-state index is -4.25. The lowest BCUT2D eigenvalue weighted by atomic mass is 9.95. The highest BCUT2D eigenvalue weighted by molar-refractivity contribution is 5.34. The Hall–Kier alpha value is -2.01. The van der Waals surface area contributed by atoms with Crippen molar-refractivity contribution in [2.45, 2.75) is 24.9 Å². The summed E-state index contributed by atoms with van der Waals surface area (Å²) in [4.78, 5) is 0. The standard InChI is InChI=1S/C12H9F3N2/c13-12(14,15)6-5-11(8-17)10-3-1-9(7-16)2-4-10/h1-4,11H,5-6H2/t11-/m1/s1. The molecule has 0 aliphatic rings. The number of hydrogen-bond donors (Lipinski definition) is 0. The number of nitriles is 2. The van der Waals surface area contributed by atoms with Crippen molar-refractivity contribution in [1.82, 2.24) is 0 Å². The Balaban J connectivity index is 2.74. The van der Waals surface area contributed by atoms with Crippen molar-refractivity contribution < 1.29 is 13.2 Å². The van der Waals surface area contributed by atoms with Crippen LogP contribution in [0.2, 0.25) is 0 Å². The van der Waals surface area contributed by atoms with Gasteiger partial charge < -0.3 is 0 Å². The zero-order valence-electron chi connectivity index (χ0n) is 8.83. The molecule has 1 atom stereocenters. The van der Waals surface area contributed by atoms with Gasteiger partial charge in [0.05, 0.1) is 23.6 Å². The Labute approximate surface area is 96.9 Å². The molecule has 0 N–H and O–H groups in total. The van der Waals surface area contributed by atoms with Gasteiger partial charge in [-0.15, -0.1) is 0 Å². The van der Waals surface area contributed by atoms with Gasteiger partial charge in [-0.2, -0.15) is 23.7 Å². The fourth-order valence-electron chi connectivity index (χ4n) is 1.40. The van der Waals surface area contributed by atoms with Crippen LogP contribution in [-0.2, 0) is 0 Å². The molecule has 0 bridgehead atoms. The lowest BCUT2D eigenvalue weighted by Crippen LogP contribution is -2.09. The third-order valence-electron chi connectivity index (χ3n) is 2.31. The molecule has 0 amide bonds. The molecule has 88 valence electrons. The van der Waals surface area contributed by atoms with Gasteiger partial charge in [0.15, 0.2) is 0 Å². The van der Waals surface area contributed by atoms with E-state index >= 15 is 0 Å². The summed E-state index contributed by atoms with van der Waals surface area (Å²) in [5.74, 6) is -0.788. The largest absolute Gasteiger partial charge is 0.389 e. The van der Waals surface area contributed by atoms with Crippen molar-refractivity contribution in [3.8, 4) is 12.1 Å². The summed E-state index contributed by atoms with van der Waals surface area (Å²) in [6, 6.07) is 9.77. The second kappa shape index (κ2) is 5.36. The Morgan fingerprint density at radius 2 is 1.71 bits per heavy atom. The van der Waals surface area contributed by atoms with Crippen LogP contribution in [0.3, 0.4) is 0 Å². The minimum Gasteiger partial charge on any atom is -0.198 e. The molecule has 0 aromatic heterocycles. The van der Waals surface area contributed by atoms with Crippen molar-refractivity contribution in [3.63, 3.8) is 0 Å². The summed E-state index contributed by atoms with van der Waals surface area (Å²) in [6.45, 7) is 0. The molecule has 0 fully saturated rings. The number of nitrogens with zero attached hydrogens (tertiary/aromatic N) is 2. The van der Waals surface area contributed by atoms with Crippen molar-refractivity contribution in [3.05, 3.63) is 35.4 Å². The van der Waals surface area contributed by atoms with Crippen molar-refractivity contribution in [1.29, 1.82) is 10.5 Å². The van der Waals surface area contributed by atoms with Crippen molar-refractivity contribution in [2.24, 2.45) is 0 Å². The van der Waals surface area contributed by atoms with Crippen LogP contribution in [0.5, 0.6) is 0 Å². The van der Waals surface area contributed by atoms with E-state index in [0.29, 0.717) is 11.1 Å². The van der Waals surface area contributed by atoms with Gasteiger partial charge in [-0.1, -0.05) is 12.1 Å². The maximum atomic E-state index is 12.0. The first-order valence-corrected chi connectivity index (χ1v) is 4.92. The Morgan fingerprint density at radius 1 is 1.12 bits per heavy atom. The van der Waals surface area contributed by atoms with E-state index in [1.54, 1.807) is 0 Å². The highest BCUT2D eigenvalue weighted by Gasteiger charge is 2.28. The van der Waals surface area contributed by atoms with Gasteiger partial charge in [-0.05, 0) is 24.1 Å². The van der Waals surface area contributed by atoms with Gasteiger partial charge in [-0.3, -0.25) is 0 Å². The molecule has 1 rings (SSSR count). The SMILES string of the molecule is N#Cc1ccc([C@@H](C#N)CCC(F)(F)F)cc1. The fraction of sp³-hybridized carbons (Fsp3) is 0.333. The van der Waals surface area contributed by atoms with Crippen LogP contribution >= 0.6 is 0 Å². The lowest BCUT2D eigenvalue weighted by molar-refractivity contribution is -0.135. The van der Waals surface area contributed by atoms with Crippen LogP contribution in [0.15, 0.2) is 24.3 Å². The molecule has 1 aromatic carbocycles. The molecule has 0 saturated heterocycles. The summed E-state index contributed by atoms with van der Waals surface area (Å²) in [5.41, 5.74) is 0.928. The van der Waals surface area contributed by atoms with Crippen LogP contribution in [0.25, 0.3) is 0 Å². The van der Waals surface area contributed by atoms with Crippen LogP contribution in [-0.4, -0.2) is 6.18 Å². The smallest absolute Gasteiger partial charge is 0.198 e. The van der Waals surface area contributed by atoms with E-state index in [-0.39, 0.29) is 6.42 Å². The van der Waals surface area contributed by atoms with E-state index in [4.69, 9.17) is 10.5 Å². The number of alkyl halides is 3. The summed E-state index contributed by atoms with van der Waals surface area (Å²) in [5, 5.41) is 17.4. The van der Waals surface area contributed by atoms with Gasteiger partial charge >= 0.3 is 6.18 Å². The normalized spacial score (nSPS) is 12.5. The fourth-order valence-corrected chi connectivity index (χ4v) is 1.40. The maximum Gasteiger partial charge on any atom is 0.389 e. The summed E-state index contributed by atoms with van der Waals surface area (Å²) in [7, 11) is 0. The zero-order chi connectivity index (χ0) is 12.9. The summed E-state index contributed by atoms with van der Waals surface area (Å²) < 4.78 is 36.1. The number of halogens is 3. The number of benzene rings is 1. The number of hydrogen-bond acceptors (Lipinski definition) is 2. The van der Waals surface area contributed by atoms with Crippen LogP contribution < -0.4 is 0 Å². The van der Waals surface area contributed by atoms with Gasteiger partial charge in [0.25, 0.3) is 0 Å². The lowest BCUT2D eigenvalue weighted by Gasteiger charge is -2.11. The first kappa shape index (κ1) is 13.1. The molecule has 0 spiro atoms. The van der Waals surface area contributed by atoms with E-state index in [2.05, 4.69) is 0 Å². The van der Waals surface area contributed by atoms with Crippen LogP contribution in [0, 0.1) is 22.7 Å². The molecule has 1 aromatic rings. The maximum absolute atomic E-state index is 12.0. The first-order chi connectivity index (χ1) is 7.96. The second-order valence-electron chi connectivity index (χ2n) is 3.57. The van der Waals surface area contributed by atoms with Gasteiger partial charge in [-0.25, -0.2) is 0 Å². The van der Waals surface area contributed by atoms with Gasteiger partial charge in [0.2, 0.25) is 0 Å². The van der Waals surface area contributed by atoms with E-state index in [1.807, 2.05) is 12.1 Å². The average molecular weight is 238 g/mol. The topological polar surface area (TPSA) is 47.6 Å². The highest BCUT2D eigenvalue weighted by Crippen LogP contribution is 2.28. The molecular weight excluding hydrogens is 229 g/mol. The predicted octanol–water partition coefficient (Wildman–Crippen LogP) is 3.51. The molecule has 0 saturated carbocycles. The molecular formula is C12H9F3N2. The van der Waals surface area contributed by atoms with E-state index < -0.39 is 18.5 Å². The number of rotatable bonds is 3. The zero-order valence-corrected chi connectivity index (χ0v) is 8.83. The molecule has 0 heterocycles. The molecule has 0 radical (unpaired) electrons. The van der Waals surface area contributed by atoms with Crippen molar-refractivity contribution in [2.75, 3.05) is 0 Å². The molecule has 0 unspecified atom stereocenters. The second-order valence-corrected chi connectivity index (χ2v) is 3.57. The first-order valence-electron chi connectivity index (χ1n) is 4.92. The third-order valence-corrected chi connectivity index (χ3v) is 2.31. The summed E-state index contributed by atoms with van der Waals surface area (Å²) >= 11 is 0. The quantitative estimate of drug-likeness (QED) is 0.808. The third kappa shape index (κ3) is 4.16. The highest BCUT2D eigenvalue weighted by atomic mass is 19.4. The van der Waals surface area contributed by atoms with Crippen LogP contribution in [0.4, 0.5) is 13.2 Å². The van der Waals surface area contributed by atoms with E-state index in [0.717, 1.165) is 0 Å². The monoisotopic (exact) mass is 238 g/mol. The molecule has 5 heteroatoms. The Morgan fingerprint density at radius 3 is 2.12 bits per heavy atom. The van der Waals surface area contributed by atoms with Gasteiger partial charge in [0.1, 0.15) is 0 Å².